The molecule has 2 heterocycles. The molecule has 1 unspecified atom stereocenters. The Kier molecular flexibility index (Phi) is 7.13. The quantitative estimate of drug-likeness (QED) is 0.899. The summed E-state index contributed by atoms with van der Waals surface area (Å²) in [6.07, 6.45) is 3.40. The summed E-state index contributed by atoms with van der Waals surface area (Å²) in [4.78, 5) is 17.2. The topological polar surface area (TPSA) is 45.2 Å². The molecule has 1 amide bonds. The molecular weight excluding hydrogens is 280 g/mol. The lowest BCUT2D eigenvalue weighted by atomic mass is 10.1. The average molecular weight is 296 g/mol. The molecule has 1 aromatic rings. The highest BCUT2D eigenvalue weighted by atomic mass is 35.5. The van der Waals surface area contributed by atoms with Gasteiger partial charge in [0.25, 0.3) is 5.91 Å². The number of pyridine rings is 1. The largest absolute Gasteiger partial charge is 0.337 e. The number of hydrogen-bond donors (Lipinski definition) is 1. The van der Waals surface area contributed by atoms with E-state index < -0.39 is 5.82 Å². The fraction of sp³-hybridized carbons (Fsp3) is 0.455. The summed E-state index contributed by atoms with van der Waals surface area (Å²) in [7, 11) is 1.71. The lowest BCUT2D eigenvalue weighted by molar-refractivity contribution is 0.0739. The number of hydrogen-bond acceptors (Lipinski definition) is 3. The zero-order valence-electron chi connectivity index (χ0n) is 9.93. The van der Waals surface area contributed by atoms with Gasteiger partial charge >= 0.3 is 0 Å². The number of carbonyl (C=O) groups excluding carboxylic acids is 1. The van der Waals surface area contributed by atoms with E-state index in [2.05, 4.69) is 10.3 Å². The van der Waals surface area contributed by atoms with Gasteiger partial charge in [0, 0.05) is 25.8 Å². The van der Waals surface area contributed by atoms with Crippen LogP contribution in [0.15, 0.2) is 18.5 Å². The lowest BCUT2D eigenvalue weighted by Gasteiger charge is -2.23. The molecule has 1 aromatic heterocycles. The van der Waals surface area contributed by atoms with Gasteiger partial charge in [0.05, 0.1) is 11.8 Å². The number of rotatable bonds is 2. The molecule has 18 heavy (non-hydrogen) atoms. The van der Waals surface area contributed by atoms with Gasteiger partial charge < -0.3 is 10.2 Å². The maximum Gasteiger partial charge on any atom is 0.256 e. The highest BCUT2D eigenvalue weighted by Crippen LogP contribution is 2.13. The van der Waals surface area contributed by atoms with Gasteiger partial charge in [0.15, 0.2) is 5.82 Å². The normalized spacial score (nSPS) is 17.6. The van der Waals surface area contributed by atoms with Crippen molar-refractivity contribution in [2.24, 2.45) is 0 Å². The molecule has 0 aliphatic carbocycles. The van der Waals surface area contributed by atoms with E-state index in [9.17, 15) is 9.18 Å². The Labute approximate surface area is 118 Å². The van der Waals surface area contributed by atoms with Crippen LogP contribution < -0.4 is 5.32 Å². The predicted molar refractivity (Wildman–Crippen MR) is 72.1 cm³/mol. The van der Waals surface area contributed by atoms with Crippen molar-refractivity contribution in [1.29, 1.82) is 0 Å². The van der Waals surface area contributed by atoms with Gasteiger partial charge in [-0.3, -0.25) is 9.78 Å². The molecule has 4 nitrogen and oxygen atoms in total. The Morgan fingerprint density at radius 1 is 1.56 bits per heavy atom. The van der Waals surface area contributed by atoms with Gasteiger partial charge in [-0.25, -0.2) is 4.39 Å². The fourth-order valence-electron chi connectivity index (χ4n) is 1.87. The second-order valence-electron chi connectivity index (χ2n) is 3.92. The van der Waals surface area contributed by atoms with Gasteiger partial charge in [-0.2, -0.15) is 0 Å². The number of nitrogens with zero attached hydrogens (tertiary/aromatic N) is 2. The van der Waals surface area contributed by atoms with Crippen LogP contribution in [-0.2, 0) is 0 Å². The third kappa shape index (κ3) is 3.54. The van der Waals surface area contributed by atoms with E-state index in [1.165, 1.54) is 12.3 Å². The molecule has 1 aliphatic heterocycles. The van der Waals surface area contributed by atoms with Crippen LogP contribution in [-0.4, -0.2) is 42.0 Å². The van der Waals surface area contributed by atoms with Crippen molar-refractivity contribution in [2.45, 2.75) is 12.5 Å². The summed E-state index contributed by atoms with van der Waals surface area (Å²) in [6, 6.07) is 1.57. The van der Waals surface area contributed by atoms with Crippen LogP contribution in [0.3, 0.4) is 0 Å². The molecule has 1 fully saturated rings. The minimum absolute atomic E-state index is 0. The molecule has 0 aromatic carbocycles. The van der Waals surface area contributed by atoms with Crippen LogP contribution in [0.25, 0.3) is 0 Å². The molecule has 0 spiro atoms. The van der Waals surface area contributed by atoms with Crippen molar-refractivity contribution in [3.05, 3.63) is 29.8 Å². The molecule has 1 saturated heterocycles. The molecular formula is C11H16Cl2FN3O. The van der Waals surface area contributed by atoms with Crippen LogP contribution in [0, 0.1) is 5.82 Å². The summed E-state index contributed by atoms with van der Waals surface area (Å²) in [5, 5.41) is 3.17. The minimum atomic E-state index is -0.565. The van der Waals surface area contributed by atoms with Crippen LogP contribution >= 0.6 is 24.8 Å². The average Bonchev–Trinajstić information content (AvgIpc) is 2.81. The van der Waals surface area contributed by atoms with Crippen LogP contribution in [0.5, 0.6) is 0 Å². The first-order chi connectivity index (χ1) is 7.70. The van der Waals surface area contributed by atoms with Crippen molar-refractivity contribution in [1.82, 2.24) is 15.2 Å². The molecule has 1 atom stereocenters. The summed E-state index contributed by atoms with van der Waals surface area (Å²) in [5.74, 6) is -0.848. The molecule has 0 radical (unpaired) electrons. The summed E-state index contributed by atoms with van der Waals surface area (Å²) in [5.41, 5.74) is 0.0874. The van der Waals surface area contributed by atoms with Crippen molar-refractivity contribution < 1.29 is 9.18 Å². The van der Waals surface area contributed by atoms with Crippen LogP contribution in [0.4, 0.5) is 4.39 Å². The second kappa shape index (κ2) is 7.51. The van der Waals surface area contributed by atoms with Gasteiger partial charge in [0.1, 0.15) is 0 Å². The Balaban J connectivity index is 0.00000144. The zero-order chi connectivity index (χ0) is 11.5. The first-order valence-electron chi connectivity index (χ1n) is 5.27. The maximum absolute atomic E-state index is 13.4. The number of likely N-dealkylation sites (N-methyl/N-ethyl adjacent to an activating group) is 1. The van der Waals surface area contributed by atoms with Crippen molar-refractivity contribution in [3.63, 3.8) is 0 Å². The SMILES string of the molecule is CN(C(=O)c1ccncc1F)C1CCNC1.Cl.Cl. The molecule has 102 valence electrons. The smallest absolute Gasteiger partial charge is 0.256 e. The molecule has 7 heteroatoms. The number of aromatic nitrogens is 1. The molecule has 1 N–H and O–H groups in total. The Morgan fingerprint density at radius 2 is 2.28 bits per heavy atom. The van der Waals surface area contributed by atoms with E-state index >= 15 is 0 Å². The highest BCUT2D eigenvalue weighted by molar-refractivity contribution is 5.94. The number of carbonyl (C=O) groups is 1. The van der Waals surface area contributed by atoms with Gasteiger partial charge in [0.2, 0.25) is 0 Å². The van der Waals surface area contributed by atoms with Crippen LogP contribution in [0.2, 0.25) is 0 Å². The first-order valence-corrected chi connectivity index (χ1v) is 5.27. The van der Waals surface area contributed by atoms with Gasteiger partial charge in [-0.05, 0) is 19.0 Å². The molecule has 0 saturated carbocycles. The third-order valence-corrected chi connectivity index (χ3v) is 2.91. The first kappa shape index (κ1) is 17.1. The molecule has 1 aliphatic rings. The number of halogens is 3. The van der Waals surface area contributed by atoms with E-state index in [1.807, 2.05) is 0 Å². The Bertz CT molecular complexity index is 400. The molecule has 2 rings (SSSR count). The fourth-order valence-corrected chi connectivity index (χ4v) is 1.87. The summed E-state index contributed by atoms with van der Waals surface area (Å²) >= 11 is 0. The van der Waals surface area contributed by atoms with Crippen molar-refractivity contribution >= 4 is 30.7 Å². The van der Waals surface area contributed by atoms with Crippen molar-refractivity contribution in [3.8, 4) is 0 Å². The molecule has 0 bridgehead atoms. The van der Waals surface area contributed by atoms with Crippen molar-refractivity contribution in [2.75, 3.05) is 20.1 Å². The standard InChI is InChI=1S/C11H14FN3O.2ClH/c1-15(8-2-4-13-6-8)11(16)9-3-5-14-7-10(9)12;;/h3,5,7-8,13H,2,4,6H2,1H3;2*1H. The summed E-state index contributed by atoms with van der Waals surface area (Å²) < 4.78 is 13.4. The van der Waals surface area contributed by atoms with E-state index in [4.69, 9.17) is 0 Å². The van der Waals surface area contributed by atoms with E-state index in [0.717, 1.165) is 25.7 Å². The second-order valence-corrected chi connectivity index (χ2v) is 3.92. The predicted octanol–water partition coefficient (Wildman–Crippen LogP) is 1.50. The maximum atomic E-state index is 13.4. The minimum Gasteiger partial charge on any atom is -0.337 e. The van der Waals surface area contributed by atoms with Crippen LogP contribution in [0.1, 0.15) is 16.8 Å². The van der Waals surface area contributed by atoms with Gasteiger partial charge in [-0.15, -0.1) is 24.8 Å². The highest BCUT2D eigenvalue weighted by Gasteiger charge is 2.25. The lowest BCUT2D eigenvalue weighted by Crippen LogP contribution is -2.38. The van der Waals surface area contributed by atoms with E-state index in [-0.39, 0.29) is 42.3 Å². The van der Waals surface area contributed by atoms with E-state index in [0.29, 0.717) is 0 Å². The third-order valence-electron chi connectivity index (χ3n) is 2.91. The monoisotopic (exact) mass is 295 g/mol. The zero-order valence-corrected chi connectivity index (χ0v) is 11.6. The number of nitrogens with one attached hydrogen (secondary N) is 1. The summed E-state index contributed by atoms with van der Waals surface area (Å²) in [6.45, 7) is 1.68. The van der Waals surface area contributed by atoms with E-state index in [1.54, 1.807) is 11.9 Å². The Morgan fingerprint density at radius 3 is 2.83 bits per heavy atom. The van der Waals surface area contributed by atoms with Gasteiger partial charge in [-0.1, -0.05) is 0 Å². The number of amides is 1. The Hall–Kier alpha value is -0.910.